The predicted octanol–water partition coefficient (Wildman–Crippen LogP) is 8.24. The average Bonchev–Trinajstić information content (AvgIpc) is 3.79. The van der Waals surface area contributed by atoms with E-state index in [-0.39, 0.29) is 24.0 Å². The normalized spacial score (nSPS) is 13.2. The second-order valence-electron chi connectivity index (χ2n) is 13.2. The van der Waals surface area contributed by atoms with Gasteiger partial charge in [0.15, 0.2) is 11.6 Å². The van der Waals surface area contributed by atoms with Crippen LogP contribution in [0.4, 0.5) is 30.5 Å². The van der Waals surface area contributed by atoms with E-state index >= 15 is 0 Å². The molecule has 0 saturated carbocycles. The Hall–Kier alpha value is -5.34. The van der Waals surface area contributed by atoms with Crippen LogP contribution in [0.5, 0.6) is 5.75 Å². The first-order valence-electron chi connectivity index (χ1n) is 16.7. The van der Waals surface area contributed by atoms with Gasteiger partial charge in [-0.25, -0.2) is 28.1 Å². The Bertz CT molecular complexity index is 2060. The van der Waals surface area contributed by atoms with Crippen LogP contribution in [0.3, 0.4) is 0 Å². The summed E-state index contributed by atoms with van der Waals surface area (Å²) in [5, 5.41) is 6.07. The monoisotopic (exact) mass is 730 g/mol. The van der Waals surface area contributed by atoms with Crippen molar-refractivity contribution in [3.8, 4) is 27.6 Å². The van der Waals surface area contributed by atoms with Gasteiger partial charge in [0.2, 0.25) is 5.95 Å². The van der Waals surface area contributed by atoms with Crippen molar-refractivity contribution in [2.45, 2.75) is 40.2 Å². The number of benzene rings is 3. The highest BCUT2D eigenvalue weighted by Crippen LogP contribution is 2.38. The maximum Gasteiger partial charge on any atom is 0.311 e. The van der Waals surface area contributed by atoms with Crippen molar-refractivity contribution in [1.82, 2.24) is 19.9 Å². The van der Waals surface area contributed by atoms with Crippen LogP contribution in [-0.4, -0.2) is 58.0 Å². The molecule has 14 heteroatoms. The molecule has 3 aromatic carbocycles. The van der Waals surface area contributed by atoms with Crippen molar-refractivity contribution < 1.29 is 32.2 Å². The summed E-state index contributed by atoms with van der Waals surface area (Å²) in [7, 11) is 0. The molecule has 2 aromatic heterocycles. The van der Waals surface area contributed by atoms with E-state index in [1.165, 1.54) is 36.3 Å². The molecule has 0 atom stereocenters. The molecule has 1 amide bonds. The molecule has 0 radical (unpaired) electrons. The lowest BCUT2D eigenvalue weighted by Crippen LogP contribution is -2.25. The first-order chi connectivity index (χ1) is 24.9. The lowest BCUT2D eigenvalue weighted by Gasteiger charge is -2.15. The predicted molar refractivity (Wildman–Crippen MR) is 193 cm³/mol. The smallest absolute Gasteiger partial charge is 0.311 e. The number of carbonyl (C=O) groups is 2. The number of halogens is 3. The molecule has 0 bridgehead atoms. The Morgan fingerprint density at radius 2 is 1.65 bits per heavy atom. The number of nitrogens with zero attached hydrogens (tertiary/aromatic N) is 4. The van der Waals surface area contributed by atoms with Gasteiger partial charge in [0, 0.05) is 35.7 Å². The summed E-state index contributed by atoms with van der Waals surface area (Å²) < 4.78 is 54.8. The Balaban J connectivity index is 1.25. The van der Waals surface area contributed by atoms with E-state index in [0.717, 1.165) is 31.8 Å². The minimum absolute atomic E-state index is 0.0985. The number of esters is 1. The van der Waals surface area contributed by atoms with Gasteiger partial charge in [0.05, 0.1) is 21.7 Å². The number of carbonyl (C=O) groups excluding carboxylic acids is 2. The van der Waals surface area contributed by atoms with E-state index < -0.39 is 40.3 Å². The first kappa shape index (κ1) is 36.5. The number of aromatic nitrogens is 3. The molecule has 270 valence electrons. The van der Waals surface area contributed by atoms with Gasteiger partial charge in [-0.2, -0.15) is 0 Å². The molecule has 6 rings (SSSR count). The number of nitrogens with one attached hydrogen (secondary N) is 2. The van der Waals surface area contributed by atoms with Gasteiger partial charge in [0.25, 0.3) is 5.91 Å². The van der Waals surface area contributed by atoms with Crippen LogP contribution in [0.15, 0.2) is 72.9 Å². The lowest BCUT2D eigenvalue weighted by molar-refractivity contribution is -0.154. The summed E-state index contributed by atoms with van der Waals surface area (Å²) in [4.78, 5) is 42.0. The number of ether oxygens (including phenoxy) is 2. The van der Waals surface area contributed by atoms with Gasteiger partial charge in [-0.15, -0.1) is 11.3 Å². The second-order valence-corrected chi connectivity index (χ2v) is 14.3. The van der Waals surface area contributed by atoms with Crippen LogP contribution >= 0.6 is 11.3 Å². The molecule has 1 aliphatic rings. The van der Waals surface area contributed by atoms with Gasteiger partial charge in [-0.05, 0) is 89.2 Å². The highest BCUT2D eigenvalue weighted by molar-refractivity contribution is 7.15. The van der Waals surface area contributed by atoms with Gasteiger partial charge < -0.3 is 20.1 Å². The summed E-state index contributed by atoms with van der Waals surface area (Å²) >= 11 is 1.24. The number of rotatable bonds is 12. The minimum atomic E-state index is -0.988. The zero-order valence-electron chi connectivity index (χ0n) is 28.8. The molecule has 2 N–H and O–H groups in total. The number of amides is 1. The van der Waals surface area contributed by atoms with Crippen molar-refractivity contribution in [2.24, 2.45) is 5.41 Å². The van der Waals surface area contributed by atoms with Crippen LogP contribution < -0.4 is 15.4 Å². The zero-order chi connectivity index (χ0) is 36.8. The van der Waals surface area contributed by atoms with Gasteiger partial charge in [-0.1, -0.05) is 18.2 Å². The highest BCUT2D eigenvalue weighted by Gasteiger charge is 2.25. The molecular weight excluding hydrogens is 694 g/mol. The first-order valence-corrected chi connectivity index (χ1v) is 17.5. The van der Waals surface area contributed by atoms with Crippen molar-refractivity contribution in [2.75, 3.05) is 36.9 Å². The molecule has 0 unspecified atom stereocenters. The third-order valence-corrected chi connectivity index (χ3v) is 9.19. The van der Waals surface area contributed by atoms with Crippen LogP contribution in [-0.2, 0) is 16.1 Å². The zero-order valence-corrected chi connectivity index (χ0v) is 29.7. The molecule has 3 heterocycles. The maximum absolute atomic E-state index is 15.0. The van der Waals surface area contributed by atoms with E-state index in [9.17, 15) is 22.8 Å². The molecule has 1 aliphatic heterocycles. The summed E-state index contributed by atoms with van der Waals surface area (Å²) in [5.74, 6) is -3.51. The Kier molecular flexibility index (Phi) is 11.2. The van der Waals surface area contributed by atoms with E-state index in [4.69, 9.17) is 14.5 Å². The van der Waals surface area contributed by atoms with Crippen molar-refractivity contribution in [3.05, 3.63) is 101 Å². The quantitative estimate of drug-likeness (QED) is 0.122. The van der Waals surface area contributed by atoms with Gasteiger partial charge in [0.1, 0.15) is 35.4 Å². The van der Waals surface area contributed by atoms with Crippen LogP contribution in [0.25, 0.3) is 21.8 Å². The minimum Gasteiger partial charge on any atom is -0.489 e. The van der Waals surface area contributed by atoms with E-state index in [1.54, 1.807) is 69.4 Å². The molecule has 0 spiro atoms. The van der Waals surface area contributed by atoms with Crippen LogP contribution in [0.2, 0.25) is 0 Å². The fourth-order valence-corrected chi connectivity index (χ4v) is 6.42. The topological polar surface area (TPSA) is 119 Å². The van der Waals surface area contributed by atoms with Crippen molar-refractivity contribution in [1.29, 1.82) is 0 Å². The highest BCUT2D eigenvalue weighted by atomic mass is 32.1. The second kappa shape index (κ2) is 15.9. The standard InChI is InChI=1S/C38H37F3N6O4S/c1-38(2,3)36(49)51-22-31-46-33(23-8-6-9-24(20-23)43-35(48)32-26(39)10-7-11-27(32)40)34(52-31)29-14-15-42-37(45-29)44-25-12-13-30(28(41)21-25)50-19-18-47-16-4-5-17-47/h6-15,20-21H,4-5,16-19,22H2,1-3H3,(H,43,48)(H,42,44,45). The summed E-state index contributed by atoms with van der Waals surface area (Å²) in [6, 6.07) is 16.0. The molecule has 1 fully saturated rings. The molecule has 1 saturated heterocycles. The van der Waals surface area contributed by atoms with Gasteiger partial charge >= 0.3 is 5.97 Å². The van der Waals surface area contributed by atoms with E-state index in [0.29, 0.717) is 39.1 Å². The third kappa shape index (κ3) is 8.93. The SMILES string of the molecule is CC(C)(C)C(=O)OCc1nc(-c2cccc(NC(=O)c3c(F)cccc3F)c2)c(-c2ccnc(Nc3ccc(OCCN4CCCC4)c(F)c3)n2)s1. The fourth-order valence-electron chi connectivity index (χ4n) is 5.45. The molecule has 52 heavy (non-hydrogen) atoms. The molecule has 0 aliphatic carbocycles. The maximum atomic E-state index is 15.0. The lowest BCUT2D eigenvalue weighted by atomic mass is 9.97. The van der Waals surface area contributed by atoms with Crippen molar-refractivity contribution in [3.63, 3.8) is 0 Å². The van der Waals surface area contributed by atoms with Crippen LogP contribution in [0.1, 0.15) is 49.0 Å². The van der Waals surface area contributed by atoms with E-state index in [1.807, 2.05) is 0 Å². The summed E-state index contributed by atoms with van der Waals surface area (Å²) in [6.07, 6.45) is 3.88. The fraction of sp³-hybridized carbons (Fsp3) is 0.289. The summed E-state index contributed by atoms with van der Waals surface area (Å²) in [6.45, 7) is 8.35. The molecule has 5 aromatic rings. The molecular formula is C38H37F3N6O4S. The van der Waals surface area contributed by atoms with Gasteiger partial charge in [-0.3, -0.25) is 14.5 Å². The molecule has 10 nitrogen and oxygen atoms in total. The number of anilines is 3. The average molecular weight is 731 g/mol. The number of hydrogen-bond acceptors (Lipinski definition) is 10. The Labute approximate surface area is 303 Å². The van der Waals surface area contributed by atoms with Crippen molar-refractivity contribution >= 4 is 40.5 Å². The largest absolute Gasteiger partial charge is 0.489 e. The number of hydrogen-bond donors (Lipinski definition) is 2. The van der Waals surface area contributed by atoms with E-state index in [2.05, 4.69) is 25.5 Å². The third-order valence-electron chi connectivity index (χ3n) is 8.13. The Morgan fingerprint density at radius 3 is 2.38 bits per heavy atom. The number of thiazole rings is 1. The van der Waals surface area contributed by atoms with Crippen LogP contribution in [0, 0.1) is 22.9 Å². The summed E-state index contributed by atoms with van der Waals surface area (Å²) in [5.41, 5.74) is 0.705. The number of likely N-dealkylation sites (tertiary alicyclic amines) is 1. The Morgan fingerprint density at radius 1 is 0.904 bits per heavy atom.